The summed E-state index contributed by atoms with van der Waals surface area (Å²) in [6.45, 7) is 7.31. The van der Waals surface area contributed by atoms with Crippen LogP contribution >= 0.6 is 0 Å². The van der Waals surface area contributed by atoms with Gasteiger partial charge in [-0.05, 0) is 120 Å². The third-order valence-electron chi connectivity index (χ3n) is 15.1. The molecule has 1 heterocycles. The van der Waals surface area contributed by atoms with Crippen LogP contribution in [-0.4, -0.2) is 65.0 Å². The van der Waals surface area contributed by atoms with Crippen molar-refractivity contribution in [2.75, 3.05) is 26.4 Å². The smallest absolute Gasteiger partial charge is 0.239 e. The maximum atomic E-state index is 15.4. The highest BCUT2D eigenvalue weighted by molar-refractivity contribution is 6.03. The van der Waals surface area contributed by atoms with Crippen LogP contribution in [0, 0.1) is 23.7 Å². The quantitative estimate of drug-likeness (QED) is 0.0429. The topological polar surface area (TPSA) is 110 Å². The Morgan fingerprint density at radius 1 is 0.851 bits per heavy atom. The Hall–Kier alpha value is -5.48. The van der Waals surface area contributed by atoms with Crippen molar-refractivity contribution >= 4 is 33.2 Å². The Morgan fingerprint density at radius 2 is 1.58 bits per heavy atom. The van der Waals surface area contributed by atoms with E-state index in [-0.39, 0.29) is 43.5 Å². The second-order valence-electron chi connectivity index (χ2n) is 19.2. The highest BCUT2D eigenvalue weighted by Gasteiger charge is 2.65. The molecule has 9 heteroatoms. The van der Waals surface area contributed by atoms with Gasteiger partial charge >= 0.3 is 0 Å². The maximum absolute atomic E-state index is 15.4. The van der Waals surface area contributed by atoms with Crippen molar-refractivity contribution in [2.24, 2.45) is 28.8 Å². The molecule has 5 aromatic carbocycles. The third-order valence-corrected chi connectivity index (χ3v) is 15.1. The van der Waals surface area contributed by atoms with Gasteiger partial charge in [-0.25, -0.2) is 0 Å². The lowest BCUT2D eigenvalue weighted by Gasteiger charge is -2.60. The molecule has 9 rings (SSSR count). The van der Waals surface area contributed by atoms with Crippen LogP contribution in [0.4, 0.5) is 0 Å². The van der Waals surface area contributed by atoms with Gasteiger partial charge in [0.1, 0.15) is 29.9 Å². The van der Waals surface area contributed by atoms with E-state index in [1.807, 2.05) is 37.3 Å². The Balaban J connectivity index is 1.23. The van der Waals surface area contributed by atoms with E-state index in [0.717, 1.165) is 81.8 Å². The summed E-state index contributed by atoms with van der Waals surface area (Å²) >= 11 is 0. The minimum Gasteiger partial charge on any atom is -0.459 e. The van der Waals surface area contributed by atoms with Crippen molar-refractivity contribution in [3.05, 3.63) is 139 Å². The first-order valence-corrected chi connectivity index (χ1v) is 25.1. The summed E-state index contributed by atoms with van der Waals surface area (Å²) in [6.07, 6.45) is 15.4. The van der Waals surface area contributed by atoms with Crippen molar-refractivity contribution < 1.29 is 34.1 Å². The fourth-order valence-electron chi connectivity index (χ4n) is 12.0. The fourth-order valence-corrected chi connectivity index (χ4v) is 12.0. The summed E-state index contributed by atoms with van der Waals surface area (Å²) in [4.78, 5) is 23.5. The normalized spacial score (nSPS) is 23.9. The molecule has 5 aromatic rings. The average Bonchev–Trinajstić information content (AvgIpc) is 3.89. The number of unbranched alkanes of at least 4 members (excludes halogenated alkanes) is 2. The molecular weight excluding hydrogens is 837 g/mol. The monoisotopic (exact) mass is 905 g/mol. The molecule has 67 heavy (non-hydrogen) atoms. The van der Waals surface area contributed by atoms with Gasteiger partial charge in [0.25, 0.3) is 0 Å². The van der Waals surface area contributed by atoms with E-state index in [1.165, 1.54) is 25.7 Å². The molecule has 0 aromatic heterocycles. The van der Waals surface area contributed by atoms with E-state index in [1.54, 1.807) is 6.08 Å². The largest absolute Gasteiger partial charge is 0.459 e. The van der Waals surface area contributed by atoms with Gasteiger partial charge < -0.3 is 34.2 Å². The molecule has 9 nitrogen and oxygen atoms in total. The van der Waals surface area contributed by atoms with E-state index in [4.69, 9.17) is 24.2 Å². The zero-order valence-electron chi connectivity index (χ0n) is 39.2. The van der Waals surface area contributed by atoms with Gasteiger partial charge in [0.2, 0.25) is 11.7 Å². The highest BCUT2D eigenvalue weighted by atomic mass is 16.7. The molecule has 0 saturated heterocycles. The average molecular weight is 905 g/mol. The number of ether oxygens (including phenoxy) is 3. The van der Waals surface area contributed by atoms with Gasteiger partial charge in [-0.2, -0.15) is 0 Å². The highest BCUT2D eigenvalue weighted by Crippen LogP contribution is 2.62. The molecule has 0 radical (unpaired) electrons. The van der Waals surface area contributed by atoms with E-state index in [2.05, 4.69) is 90.4 Å². The summed E-state index contributed by atoms with van der Waals surface area (Å²) < 4.78 is 21.6. The van der Waals surface area contributed by atoms with Gasteiger partial charge in [-0.15, -0.1) is 6.58 Å². The fraction of sp³-hybridized carbons (Fsp3) is 0.448. The number of fused-ring (bicyclic) bond motifs is 4. The third kappa shape index (κ3) is 9.92. The van der Waals surface area contributed by atoms with Gasteiger partial charge in [0.15, 0.2) is 0 Å². The standard InChI is InChI=1S/C58H68N2O7/c1-3-34-64-58-54(60(55(63)31-26-40-16-5-6-17-40)39-45-23-15-22-42-19-9-10-24-48(42)45)38-52(59-65-4-2)50-36-44(21-11-13-32-61)49(25-12-14-33-62)56(57(50)58)51-37-47(29-30-53(51)67-58)66-46-28-27-41-18-7-8-20-43(41)35-46/h3,7-10,15,18-20,22-24,27-30,35-37,40,44,49,54,56-57,61-62H,1,4-6,11-14,16-17,21,25-26,31-34,38-39H2,2H3/t44-,49+,54-,56+,57+,58+/m0/s1. The van der Waals surface area contributed by atoms with Crippen molar-refractivity contribution in [1.29, 1.82) is 0 Å². The Labute approximate surface area is 396 Å². The number of hydrogen-bond donors (Lipinski definition) is 2. The molecule has 6 atom stereocenters. The SMILES string of the molecule is C=CCO[C@@]12Oc3ccc(Oc4ccc5ccccc5c4)cc3[C@H]3[C@H](CCCCO)[C@@H](CCCCO)C=C(C(=NOCC)C[C@@H]1N(Cc1cccc4ccccc14)C(=O)CCC1CCCC1)[C@H]32. The zero-order valence-corrected chi connectivity index (χ0v) is 39.2. The van der Waals surface area contributed by atoms with Gasteiger partial charge in [-0.3, -0.25) is 4.79 Å². The molecule has 0 spiro atoms. The minimum atomic E-state index is -1.34. The van der Waals surface area contributed by atoms with Crippen molar-refractivity contribution in [1.82, 2.24) is 4.90 Å². The number of hydrogen-bond acceptors (Lipinski definition) is 8. The molecule has 2 N–H and O–H groups in total. The molecule has 352 valence electrons. The van der Waals surface area contributed by atoms with Crippen LogP contribution in [0.5, 0.6) is 17.2 Å². The Bertz CT molecular complexity index is 2560. The van der Waals surface area contributed by atoms with Crippen molar-refractivity contribution in [3.8, 4) is 17.2 Å². The zero-order chi connectivity index (χ0) is 46.2. The summed E-state index contributed by atoms with van der Waals surface area (Å²) in [5.41, 5.74) is 3.93. The Morgan fingerprint density at radius 3 is 2.37 bits per heavy atom. The molecule has 0 bridgehead atoms. The van der Waals surface area contributed by atoms with E-state index < -0.39 is 17.7 Å². The molecule has 2 saturated carbocycles. The summed E-state index contributed by atoms with van der Waals surface area (Å²) in [5, 5.41) is 29.5. The lowest BCUT2D eigenvalue weighted by molar-refractivity contribution is -0.258. The molecule has 3 aliphatic carbocycles. The predicted octanol–water partition coefficient (Wildman–Crippen LogP) is 12.4. The molecule has 0 unspecified atom stereocenters. The van der Waals surface area contributed by atoms with Crippen LogP contribution in [-0.2, 0) is 20.9 Å². The first-order chi connectivity index (χ1) is 32.9. The van der Waals surface area contributed by atoms with E-state index in [0.29, 0.717) is 56.3 Å². The second-order valence-corrected chi connectivity index (χ2v) is 19.2. The summed E-state index contributed by atoms with van der Waals surface area (Å²) in [7, 11) is 0. The number of carbonyl (C=O) groups is 1. The summed E-state index contributed by atoms with van der Waals surface area (Å²) in [5.74, 6) is 1.09. The lowest BCUT2D eigenvalue weighted by Crippen LogP contribution is -2.70. The van der Waals surface area contributed by atoms with Crippen LogP contribution in [0.25, 0.3) is 21.5 Å². The molecule has 1 amide bonds. The van der Waals surface area contributed by atoms with Gasteiger partial charge in [-0.1, -0.05) is 129 Å². The molecule has 2 fully saturated rings. The lowest BCUT2D eigenvalue weighted by atomic mass is 9.55. The number of rotatable bonds is 21. The first kappa shape index (κ1) is 46.6. The van der Waals surface area contributed by atoms with Crippen molar-refractivity contribution in [3.63, 3.8) is 0 Å². The number of amides is 1. The Kier molecular flexibility index (Phi) is 15.1. The first-order valence-electron chi connectivity index (χ1n) is 25.1. The van der Waals surface area contributed by atoms with Crippen LogP contribution in [0.15, 0.2) is 133 Å². The van der Waals surface area contributed by atoms with Crippen LogP contribution in [0.1, 0.15) is 107 Å². The number of carbonyl (C=O) groups excluding carboxylic acids is 1. The van der Waals surface area contributed by atoms with E-state index in [9.17, 15) is 10.2 Å². The number of aliphatic hydroxyl groups excluding tert-OH is 2. The number of allylic oxidation sites excluding steroid dienone is 1. The molecule has 4 aliphatic rings. The molecular formula is C58H68N2O7. The van der Waals surface area contributed by atoms with Crippen LogP contribution < -0.4 is 9.47 Å². The van der Waals surface area contributed by atoms with Crippen LogP contribution in [0.2, 0.25) is 0 Å². The van der Waals surface area contributed by atoms with Crippen molar-refractivity contribution in [2.45, 2.75) is 115 Å². The number of benzene rings is 5. The summed E-state index contributed by atoms with van der Waals surface area (Å²) in [6, 6.07) is 34.8. The minimum absolute atomic E-state index is 0.0804. The van der Waals surface area contributed by atoms with Crippen LogP contribution in [0.3, 0.4) is 0 Å². The molecule has 1 aliphatic heterocycles. The van der Waals surface area contributed by atoms with Gasteiger partial charge in [0.05, 0.1) is 18.2 Å². The maximum Gasteiger partial charge on any atom is 0.239 e. The number of nitrogens with zero attached hydrogens (tertiary/aromatic N) is 2. The number of aliphatic hydroxyl groups is 2. The van der Waals surface area contributed by atoms with E-state index >= 15 is 4.79 Å². The van der Waals surface area contributed by atoms with Gasteiger partial charge in [0, 0.05) is 44.1 Å². The number of oxime groups is 1. The predicted molar refractivity (Wildman–Crippen MR) is 266 cm³/mol. The second kappa shape index (κ2) is 21.6.